The third-order valence-electron chi connectivity index (χ3n) is 10.2. The van der Waals surface area contributed by atoms with Gasteiger partial charge in [0.1, 0.15) is 0 Å². The number of fused-ring (bicyclic) bond motifs is 1. The molecule has 5 fully saturated rings. The van der Waals surface area contributed by atoms with Crippen LogP contribution in [0, 0.1) is 52.3 Å². The summed E-state index contributed by atoms with van der Waals surface area (Å²) >= 11 is 0. The monoisotopic (exact) mass is 439 g/mol. The molecule has 0 spiro atoms. The highest BCUT2D eigenvalue weighted by Crippen LogP contribution is 2.50. The van der Waals surface area contributed by atoms with Crippen molar-refractivity contribution in [1.29, 1.82) is 5.26 Å². The van der Waals surface area contributed by atoms with Crippen molar-refractivity contribution in [2.45, 2.75) is 84.0 Å². The second-order valence-corrected chi connectivity index (χ2v) is 12.0. The minimum Gasteiger partial charge on any atom is -0.339 e. The van der Waals surface area contributed by atoms with E-state index in [0.717, 1.165) is 62.2 Å². The second-order valence-electron chi connectivity index (χ2n) is 12.0. The third-order valence-corrected chi connectivity index (χ3v) is 10.2. The predicted molar refractivity (Wildman–Crippen MR) is 123 cm³/mol. The largest absolute Gasteiger partial charge is 0.339 e. The van der Waals surface area contributed by atoms with Crippen molar-refractivity contribution in [3.05, 3.63) is 0 Å². The highest BCUT2D eigenvalue weighted by Gasteiger charge is 2.44. The van der Waals surface area contributed by atoms with E-state index in [1.54, 1.807) is 0 Å². The molecule has 32 heavy (non-hydrogen) atoms. The average molecular weight is 440 g/mol. The van der Waals surface area contributed by atoms with Crippen LogP contribution in [-0.2, 0) is 9.59 Å². The first kappa shape index (κ1) is 22.2. The number of hydrogen-bond donors (Lipinski definition) is 0. The number of amides is 2. The Bertz CT molecular complexity index is 753. The van der Waals surface area contributed by atoms with E-state index in [9.17, 15) is 14.9 Å². The lowest BCUT2D eigenvalue weighted by molar-refractivity contribution is -0.151. The van der Waals surface area contributed by atoms with Gasteiger partial charge >= 0.3 is 0 Å². The number of carbonyl (C=O) groups is 2. The molecule has 4 atom stereocenters. The summed E-state index contributed by atoms with van der Waals surface area (Å²) in [4.78, 5) is 30.0. The molecule has 2 amide bonds. The topological polar surface area (TPSA) is 64.4 Å². The Morgan fingerprint density at radius 1 is 0.781 bits per heavy atom. The fourth-order valence-corrected chi connectivity index (χ4v) is 7.85. The molecule has 4 aliphatic carbocycles. The van der Waals surface area contributed by atoms with Gasteiger partial charge in [0, 0.05) is 43.4 Å². The van der Waals surface area contributed by atoms with Crippen molar-refractivity contribution in [1.82, 2.24) is 9.80 Å². The molecule has 0 bridgehead atoms. The van der Waals surface area contributed by atoms with Gasteiger partial charge in [0.25, 0.3) is 0 Å². The van der Waals surface area contributed by atoms with Crippen molar-refractivity contribution >= 4 is 11.8 Å². The van der Waals surface area contributed by atoms with E-state index in [2.05, 4.69) is 13.0 Å². The second kappa shape index (κ2) is 8.99. The maximum atomic E-state index is 13.2. The first-order chi connectivity index (χ1) is 15.5. The van der Waals surface area contributed by atoms with Crippen molar-refractivity contribution in [3.63, 3.8) is 0 Å². The molecular formula is C27H41N3O2. The Morgan fingerprint density at radius 3 is 1.94 bits per heavy atom. The van der Waals surface area contributed by atoms with Crippen LogP contribution in [0.5, 0.6) is 0 Å². The molecule has 4 saturated carbocycles. The van der Waals surface area contributed by atoms with Crippen LogP contribution in [0.1, 0.15) is 84.0 Å². The molecule has 0 radical (unpaired) electrons. The molecule has 0 N–H and O–H groups in total. The smallest absolute Gasteiger partial charge is 0.228 e. The van der Waals surface area contributed by atoms with Crippen LogP contribution in [0.15, 0.2) is 0 Å². The first-order valence-electron chi connectivity index (χ1n) is 13.4. The highest BCUT2D eigenvalue weighted by atomic mass is 16.2. The first-order valence-corrected chi connectivity index (χ1v) is 13.4. The standard InChI is InChI=1S/C27H41N3O2/c1-27(9-2-10-27)26(32)30-13-11-29(12-14-30)25(31)21-5-3-20(4-6-21)23-8-7-22-15-19(18-28)16-24(22)17-23/h19-24H,2-17H2,1H3. The molecule has 1 heterocycles. The van der Waals surface area contributed by atoms with Gasteiger partial charge < -0.3 is 9.80 Å². The van der Waals surface area contributed by atoms with Crippen molar-refractivity contribution in [2.75, 3.05) is 26.2 Å². The molecule has 5 aliphatic rings. The number of nitriles is 1. The molecule has 176 valence electrons. The van der Waals surface area contributed by atoms with Gasteiger partial charge in [-0.1, -0.05) is 13.3 Å². The van der Waals surface area contributed by atoms with E-state index in [-0.39, 0.29) is 11.3 Å². The Balaban J connectivity index is 1.06. The van der Waals surface area contributed by atoms with Crippen LogP contribution in [-0.4, -0.2) is 47.8 Å². The summed E-state index contributed by atoms with van der Waals surface area (Å²) < 4.78 is 0. The molecule has 1 saturated heterocycles. The van der Waals surface area contributed by atoms with E-state index in [1.165, 1.54) is 38.5 Å². The Labute approximate surface area is 193 Å². The van der Waals surface area contributed by atoms with Gasteiger partial charge in [0.2, 0.25) is 11.8 Å². The summed E-state index contributed by atoms with van der Waals surface area (Å²) in [6.45, 7) is 4.96. The summed E-state index contributed by atoms with van der Waals surface area (Å²) in [5.41, 5.74) is -0.127. The Kier molecular flexibility index (Phi) is 6.25. The molecule has 0 aromatic heterocycles. The van der Waals surface area contributed by atoms with Gasteiger partial charge in [-0.05, 0) is 94.3 Å². The fraction of sp³-hybridized carbons (Fsp3) is 0.889. The molecular weight excluding hydrogens is 398 g/mol. The van der Waals surface area contributed by atoms with E-state index in [0.29, 0.717) is 43.9 Å². The Hall–Kier alpha value is -1.57. The number of carbonyl (C=O) groups excluding carboxylic acids is 2. The van der Waals surface area contributed by atoms with Gasteiger partial charge in [-0.3, -0.25) is 9.59 Å². The fourth-order valence-electron chi connectivity index (χ4n) is 7.85. The van der Waals surface area contributed by atoms with Gasteiger partial charge in [-0.25, -0.2) is 0 Å². The molecule has 5 heteroatoms. The maximum Gasteiger partial charge on any atom is 0.228 e. The summed E-state index contributed by atoms with van der Waals surface area (Å²) in [5.74, 6) is 4.39. The van der Waals surface area contributed by atoms with Gasteiger partial charge in [0.15, 0.2) is 0 Å². The quantitative estimate of drug-likeness (QED) is 0.644. The zero-order valence-corrected chi connectivity index (χ0v) is 19.9. The summed E-state index contributed by atoms with van der Waals surface area (Å²) in [6, 6.07) is 2.52. The molecule has 0 aromatic rings. The maximum absolute atomic E-state index is 13.2. The number of rotatable bonds is 3. The minimum atomic E-state index is -0.127. The van der Waals surface area contributed by atoms with E-state index >= 15 is 0 Å². The lowest BCUT2D eigenvalue weighted by Crippen LogP contribution is -2.56. The number of hydrogen-bond acceptors (Lipinski definition) is 3. The number of nitrogens with zero attached hydrogens (tertiary/aromatic N) is 3. The Morgan fingerprint density at radius 2 is 1.34 bits per heavy atom. The predicted octanol–water partition coefficient (Wildman–Crippen LogP) is 4.62. The van der Waals surface area contributed by atoms with Gasteiger partial charge in [-0.2, -0.15) is 5.26 Å². The van der Waals surface area contributed by atoms with Crippen LogP contribution < -0.4 is 0 Å². The van der Waals surface area contributed by atoms with Crippen LogP contribution in [0.2, 0.25) is 0 Å². The van der Waals surface area contributed by atoms with Crippen molar-refractivity contribution in [2.24, 2.45) is 40.9 Å². The van der Waals surface area contributed by atoms with E-state index in [1.807, 2.05) is 9.80 Å². The minimum absolute atomic E-state index is 0.127. The molecule has 4 unspecified atom stereocenters. The lowest BCUT2D eigenvalue weighted by atomic mass is 9.66. The van der Waals surface area contributed by atoms with Crippen LogP contribution in [0.4, 0.5) is 0 Å². The van der Waals surface area contributed by atoms with Crippen LogP contribution >= 0.6 is 0 Å². The van der Waals surface area contributed by atoms with Gasteiger partial charge in [-0.15, -0.1) is 0 Å². The molecule has 0 aromatic carbocycles. The SMILES string of the molecule is CC1(C(=O)N2CCN(C(=O)C3CCC(C4CCC5CC(C#N)CC5C4)CC3)CC2)CCC1. The highest BCUT2D eigenvalue weighted by molar-refractivity contribution is 5.84. The zero-order valence-electron chi connectivity index (χ0n) is 19.9. The van der Waals surface area contributed by atoms with Crippen molar-refractivity contribution in [3.8, 4) is 6.07 Å². The molecule has 1 aliphatic heterocycles. The van der Waals surface area contributed by atoms with Crippen LogP contribution in [0.25, 0.3) is 0 Å². The normalized spacial score (nSPS) is 39.0. The van der Waals surface area contributed by atoms with Crippen LogP contribution in [0.3, 0.4) is 0 Å². The summed E-state index contributed by atoms with van der Waals surface area (Å²) in [6.07, 6.45) is 14.0. The molecule has 5 rings (SSSR count). The third kappa shape index (κ3) is 4.19. The average Bonchev–Trinajstić information content (AvgIpc) is 3.24. The summed E-state index contributed by atoms with van der Waals surface area (Å²) in [7, 11) is 0. The van der Waals surface area contributed by atoms with E-state index < -0.39 is 0 Å². The van der Waals surface area contributed by atoms with Gasteiger partial charge in [0.05, 0.1) is 6.07 Å². The van der Waals surface area contributed by atoms with E-state index in [4.69, 9.17) is 0 Å². The molecule has 5 nitrogen and oxygen atoms in total. The number of piperazine rings is 1. The zero-order chi connectivity index (χ0) is 22.3. The van der Waals surface area contributed by atoms with Crippen molar-refractivity contribution < 1.29 is 9.59 Å². The lowest BCUT2D eigenvalue weighted by Gasteiger charge is -2.44. The summed E-state index contributed by atoms with van der Waals surface area (Å²) in [5, 5.41) is 9.30.